The number of aromatic nitrogens is 1. The van der Waals surface area contributed by atoms with Crippen molar-refractivity contribution in [1.82, 2.24) is 15.6 Å². The molecule has 1 aromatic heterocycles. The molecular weight excluding hydrogens is 154 g/mol. The second kappa shape index (κ2) is 2.81. The van der Waals surface area contributed by atoms with Gasteiger partial charge in [0.1, 0.15) is 0 Å². The van der Waals surface area contributed by atoms with Crippen molar-refractivity contribution in [3.8, 4) is 0 Å². The van der Waals surface area contributed by atoms with Crippen molar-refractivity contribution in [1.29, 1.82) is 0 Å². The molecule has 0 aliphatic carbocycles. The van der Waals surface area contributed by atoms with Gasteiger partial charge in [-0.25, -0.2) is 4.79 Å². The molecule has 2 amide bonds. The average molecular weight is 163 g/mol. The average Bonchev–Trinajstić information content (AvgIpc) is 2.54. The first kappa shape index (κ1) is 7.09. The number of hydrogen-bond donors (Lipinski definition) is 2. The van der Waals surface area contributed by atoms with E-state index in [1.807, 2.05) is 12.1 Å². The monoisotopic (exact) mass is 163 g/mol. The summed E-state index contributed by atoms with van der Waals surface area (Å²) in [5, 5.41) is 5.49. The Morgan fingerprint density at radius 1 is 1.42 bits per heavy atom. The highest BCUT2D eigenvalue weighted by Crippen LogP contribution is 2.12. The normalized spacial score (nSPS) is 21.7. The summed E-state index contributed by atoms with van der Waals surface area (Å²) in [5.41, 5.74) is 1.09. The van der Waals surface area contributed by atoms with Gasteiger partial charge in [-0.1, -0.05) is 0 Å². The Hall–Kier alpha value is -1.58. The molecule has 1 aromatic rings. The number of rotatable bonds is 1. The third-order valence-corrected chi connectivity index (χ3v) is 1.88. The van der Waals surface area contributed by atoms with Crippen molar-refractivity contribution in [3.05, 3.63) is 30.1 Å². The van der Waals surface area contributed by atoms with Crippen LogP contribution in [0.1, 0.15) is 11.6 Å². The zero-order chi connectivity index (χ0) is 8.39. The fraction of sp³-hybridized carbons (Fsp3) is 0.250. The van der Waals surface area contributed by atoms with Crippen LogP contribution in [-0.2, 0) is 0 Å². The molecule has 1 aliphatic heterocycles. The maximum atomic E-state index is 10.8. The van der Waals surface area contributed by atoms with Crippen LogP contribution in [0.25, 0.3) is 0 Å². The molecule has 0 aromatic carbocycles. The van der Waals surface area contributed by atoms with E-state index in [0.717, 1.165) is 5.56 Å². The molecule has 0 bridgehead atoms. The van der Waals surface area contributed by atoms with Crippen molar-refractivity contribution in [2.45, 2.75) is 6.04 Å². The lowest BCUT2D eigenvalue weighted by Gasteiger charge is -2.06. The Balaban J connectivity index is 2.16. The SMILES string of the molecule is O=C1NC[C@H](c2ccncc2)N1. The minimum Gasteiger partial charge on any atom is -0.336 e. The number of carbonyl (C=O) groups excluding carboxylic acids is 1. The summed E-state index contributed by atoms with van der Waals surface area (Å²) in [5.74, 6) is 0. The molecule has 12 heavy (non-hydrogen) atoms. The Morgan fingerprint density at radius 2 is 2.17 bits per heavy atom. The fourth-order valence-electron chi connectivity index (χ4n) is 1.25. The van der Waals surface area contributed by atoms with E-state index in [1.54, 1.807) is 12.4 Å². The smallest absolute Gasteiger partial charge is 0.315 e. The largest absolute Gasteiger partial charge is 0.336 e. The molecular formula is C8H9N3O. The first-order valence-corrected chi connectivity index (χ1v) is 3.80. The van der Waals surface area contributed by atoms with Crippen LogP contribution in [0.3, 0.4) is 0 Å². The van der Waals surface area contributed by atoms with E-state index in [-0.39, 0.29) is 12.1 Å². The van der Waals surface area contributed by atoms with Crippen LogP contribution < -0.4 is 10.6 Å². The predicted octanol–water partition coefficient (Wildman–Crippen LogP) is 0.436. The van der Waals surface area contributed by atoms with E-state index in [2.05, 4.69) is 15.6 Å². The molecule has 1 aliphatic rings. The molecule has 1 fully saturated rings. The van der Waals surface area contributed by atoms with Gasteiger partial charge in [-0.05, 0) is 17.7 Å². The van der Waals surface area contributed by atoms with E-state index in [4.69, 9.17) is 0 Å². The number of carbonyl (C=O) groups is 1. The van der Waals surface area contributed by atoms with Gasteiger partial charge in [-0.3, -0.25) is 4.98 Å². The number of pyridine rings is 1. The van der Waals surface area contributed by atoms with Crippen LogP contribution in [0, 0.1) is 0 Å². The first-order valence-electron chi connectivity index (χ1n) is 3.80. The lowest BCUT2D eigenvalue weighted by atomic mass is 10.1. The van der Waals surface area contributed by atoms with E-state index in [9.17, 15) is 4.79 Å². The van der Waals surface area contributed by atoms with Gasteiger partial charge < -0.3 is 10.6 Å². The van der Waals surface area contributed by atoms with Crippen LogP contribution in [0.4, 0.5) is 4.79 Å². The van der Waals surface area contributed by atoms with E-state index in [1.165, 1.54) is 0 Å². The highest BCUT2D eigenvalue weighted by Gasteiger charge is 2.20. The van der Waals surface area contributed by atoms with Crippen molar-refractivity contribution in [2.24, 2.45) is 0 Å². The zero-order valence-corrected chi connectivity index (χ0v) is 6.45. The summed E-state index contributed by atoms with van der Waals surface area (Å²) < 4.78 is 0. The van der Waals surface area contributed by atoms with Crippen LogP contribution >= 0.6 is 0 Å². The molecule has 1 saturated heterocycles. The van der Waals surface area contributed by atoms with Gasteiger partial charge in [0.2, 0.25) is 0 Å². The predicted molar refractivity (Wildman–Crippen MR) is 43.5 cm³/mol. The maximum Gasteiger partial charge on any atom is 0.315 e. The summed E-state index contributed by atoms with van der Waals surface area (Å²) in [6.45, 7) is 0.656. The minimum atomic E-state index is -0.100. The van der Waals surface area contributed by atoms with Gasteiger partial charge in [-0.15, -0.1) is 0 Å². The van der Waals surface area contributed by atoms with Gasteiger partial charge >= 0.3 is 6.03 Å². The number of hydrogen-bond acceptors (Lipinski definition) is 2. The van der Waals surface area contributed by atoms with Gasteiger partial charge in [0.15, 0.2) is 0 Å². The third kappa shape index (κ3) is 1.23. The van der Waals surface area contributed by atoms with Gasteiger partial charge in [0, 0.05) is 18.9 Å². The van der Waals surface area contributed by atoms with E-state index in [0.29, 0.717) is 6.54 Å². The summed E-state index contributed by atoms with van der Waals surface area (Å²) in [7, 11) is 0. The summed E-state index contributed by atoms with van der Waals surface area (Å²) in [6.07, 6.45) is 3.44. The van der Waals surface area contributed by atoms with Crippen molar-refractivity contribution < 1.29 is 4.79 Å². The number of urea groups is 1. The number of nitrogens with one attached hydrogen (secondary N) is 2. The molecule has 2 rings (SSSR count). The minimum absolute atomic E-state index is 0.0977. The highest BCUT2D eigenvalue weighted by molar-refractivity contribution is 5.76. The van der Waals surface area contributed by atoms with Gasteiger partial charge in [-0.2, -0.15) is 0 Å². The molecule has 0 unspecified atom stereocenters. The topological polar surface area (TPSA) is 54.0 Å². The standard InChI is InChI=1S/C8H9N3O/c12-8-10-5-7(11-8)6-1-3-9-4-2-6/h1-4,7H,5H2,(H2,10,11,12)/t7-/m1/s1. The molecule has 4 heteroatoms. The third-order valence-electron chi connectivity index (χ3n) is 1.88. The zero-order valence-electron chi connectivity index (χ0n) is 6.45. The second-order valence-corrected chi connectivity index (χ2v) is 2.69. The van der Waals surface area contributed by atoms with Crippen molar-refractivity contribution >= 4 is 6.03 Å². The van der Waals surface area contributed by atoms with E-state index < -0.39 is 0 Å². The summed E-state index contributed by atoms with van der Waals surface area (Å²) in [6, 6.07) is 3.80. The lowest BCUT2D eigenvalue weighted by molar-refractivity contribution is 0.247. The molecule has 0 radical (unpaired) electrons. The first-order chi connectivity index (χ1) is 5.86. The Labute approximate surface area is 70.0 Å². The van der Waals surface area contributed by atoms with Crippen molar-refractivity contribution in [3.63, 3.8) is 0 Å². The number of amides is 2. The van der Waals surface area contributed by atoms with E-state index >= 15 is 0 Å². The second-order valence-electron chi connectivity index (χ2n) is 2.69. The van der Waals surface area contributed by atoms with Crippen LogP contribution in [0.15, 0.2) is 24.5 Å². The van der Waals surface area contributed by atoms with Gasteiger partial charge in [0.25, 0.3) is 0 Å². The lowest BCUT2D eigenvalue weighted by Crippen LogP contribution is -2.21. The van der Waals surface area contributed by atoms with Gasteiger partial charge in [0.05, 0.1) is 6.04 Å². The highest BCUT2D eigenvalue weighted by atomic mass is 16.2. The fourth-order valence-corrected chi connectivity index (χ4v) is 1.25. The van der Waals surface area contributed by atoms with Crippen molar-refractivity contribution in [2.75, 3.05) is 6.54 Å². The Bertz CT molecular complexity index is 286. The molecule has 2 heterocycles. The maximum absolute atomic E-state index is 10.8. The molecule has 2 N–H and O–H groups in total. The van der Waals surface area contributed by atoms with Crippen LogP contribution in [-0.4, -0.2) is 17.6 Å². The molecule has 62 valence electrons. The van der Waals surface area contributed by atoms with Crippen LogP contribution in [0.5, 0.6) is 0 Å². The van der Waals surface area contributed by atoms with Crippen LogP contribution in [0.2, 0.25) is 0 Å². The quantitative estimate of drug-likeness (QED) is 0.631. The Morgan fingerprint density at radius 3 is 2.75 bits per heavy atom. The molecule has 0 saturated carbocycles. The number of nitrogens with zero attached hydrogens (tertiary/aromatic N) is 1. The summed E-state index contributed by atoms with van der Waals surface area (Å²) in [4.78, 5) is 14.7. The molecule has 0 spiro atoms. The molecule has 4 nitrogen and oxygen atoms in total. The summed E-state index contributed by atoms with van der Waals surface area (Å²) >= 11 is 0. The molecule has 1 atom stereocenters. The Kier molecular flexibility index (Phi) is 1.66.